The van der Waals surface area contributed by atoms with E-state index < -0.39 is 5.91 Å². The maximum Gasteiger partial charge on any atom is 0.316 e. The van der Waals surface area contributed by atoms with Crippen LogP contribution >= 0.6 is 0 Å². The van der Waals surface area contributed by atoms with E-state index in [9.17, 15) is 9.70 Å². The van der Waals surface area contributed by atoms with Gasteiger partial charge in [0.1, 0.15) is 0 Å². The van der Waals surface area contributed by atoms with E-state index >= 15 is 0 Å². The van der Waals surface area contributed by atoms with Crippen LogP contribution in [0, 0.1) is 16.7 Å². The number of rotatable bonds is 1. The molecular formula is C10H7NO2. The number of hydrogen-bond donors (Lipinski definition) is 0. The summed E-state index contributed by atoms with van der Waals surface area (Å²) in [5.41, 5.74) is 1.10. The summed E-state index contributed by atoms with van der Waals surface area (Å²) in [5.74, 6) is 4.79. The van der Waals surface area contributed by atoms with Gasteiger partial charge in [0.2, 0.25) is 0 Å². The number of hydrogen-bond acceptors (Lipinski definition) is 2. The third-order valence-electron chi connectivity index (χ3n) is 1.48. The van der Waals surface area contributed by atoms with Crippen molar-refractivity contribution in [2.24, 2.45) is 5.18 Å². The summed E-state index contributed by atoms with van der Waals surface area (Å²) in [6, 6.07) is 6.41. The fourth-order valence-corrected chi connectivity index (χ4v) is 0.893. The van der Waals surface area contributed by atoms with Gasteiger partial charge in [-0.05, 0) is 31.2 Å². The Bertz CT molecular complexity index is 382. The molecule has 0 atom stereocenters. The largest absolute Gasteiger partial charge is 0.316 e. The average molecular weight is 173 g/mol. The van der Waals surface area contributed by atoms with E-state index in [-0.39, 0.29) is 5.56 Å². The molecule has 1 amide bonds. The fraction of sp³-hybridized carbons (Fsp3) is 0.100. The first-order valence-corrected chi connectivity index (χ1v) is 3.68. The molecule has 0 N–H and O–H groups in total. The van der Waals surface area contributed by atoms with Crippen LogP contribution in [0.1, 0.15) is 22.8 Å². The molecule has 0 radical (unpaired) electrons. The van der Waals surface area contributed by atoms with Crippen molar-refractivity contribution in [2.45, 2.75) is 6.92 Å². The Morgan fingerprint density at radius 3 is 2.38 bits per heavy atom. The Balaban J connectivity index is 2.97. The smallest absolute Gasteiger partial charge is 0.263 e. The predicted octanol–water partition coefficient (Wildman–Crippen LogP) is 1.96. The zero-order valence-electron chi connectivity index (χ0n) is 7.07. The van der Waals surface area contributed by atoms with Crippen molar-refractivity contribution in [3.8, 4) is 11.8 Å². The van der Waals surface area contributed by atoms with Gasteiger partial charge in [-0.2, -0.15) is 0 Å². The van der Waals surface area contributed by atoms with E-state index in [1.165, 1.54) is 12.1 Å². The molecule has 3 heteroatoms. The van der Waals surface area contributed by atoms with Gasteiger partial charge < -0.3 is 0 Å². The molecule has 0 saturated heterocycles. The van der Waals surface area contributed by atoms with Crippen LogP contribution in [-0.4, -0.2) is 5.91 Å². The van der Waals surface area contributed by atoms with Gasteiger partial charge in [0.05, 0.1) is 0 Å². The first-order chi connectivity index (χ1) is 6.27. The minimum Gasteiger partial charge on any atom is -0.263 e. The molecule has 0 saturated carbocycles. The maximum absolute atomic E-state index is 10.8. The highest BCUT2D eigenvalue weighted by molar-refractivity contribution is 5.94. The molecule has 13 heavy (non-hydrogen) atoms. The van der Waals surface area contributed by atoms with Crippen molar-refractivity contribution in [1.82, 2.24) is 0 Å². The van der Waals surface area contributed by atoms with E-state index in [1.54, 1.807) is 19.1 Å². The van der Waals surface area contributed by atoms with Gasteiger partial charge in [0.25, 0.3) is 0 Å². The second kappa shape index (κ2) is 4.17. The van der Waals surface area contributed by atoms with Gasteiger partial charge in [0, 0.05) is 16.3 Å². The minimum absolute atomic E-state index is 0.289. The van der Waals surface area contributed by atoms with Crippen molar-refractivity contribution >= 4 is 5.91 Å². The molecule has 1 aromatic carbocycles. The highest BCUT2D eigenvalue weighted by Crippen LogP contribution is 2.04. The lowest BCUT2D eigenvalue weighted by Crippen LogP contribution is -1.92. The normalized spacial score (nSPS) is 8.38. The molecule has 0 aliphatic heterocycles. The van der Waals surface area contributed by atoms with Crippen LogP contribution in [0.2, 0.25) is 0 Å². The third kappa shape index (κ3) is 2.24. The third-order valence-corrected chi connectivity index (χ3v) is 1.48. The Labute approximate surface area is 75.7 Å². The number of nitroso groups, excluding NO2 is 1. The number of nitrogens with zero attached hydrogens (tertiary/aromatic N) is 1. The van der Waals surface area contributed by atoms with E-state index in [1.807, 2.05) is 0 Å². The Morgan fingerprint density at radius 1 is 1.31 bits per heavy atom. The van der Waals surface area contributed by atoms with Crippen molar-refractivity contribution in [3.05, 3.63) is 40.3 Å². The van der Waals surface area contributed by atoms with E-state index in [0.29, 0.717) is 0 Å². The summed E-state index contributed by atoms with van der Waals surface area (Å²) >= 11 is 0. The molecule has 0 spiro atoms. The molecular weight excluding hydrogens is 166 g/mol. The van der Waals surface area contributed by atoms with Crippen LogP contribution < -0.4 is 0 Å². The number of amides is 1. The summed E-state index contributed by atoms with van der Waals surface area (Å²) in [5, 5.41) is 2.31. The van der Waals surface area contributed by atoms with Crippen LogP contribution in [-0.2, 0) is 0 Å². The minimum atomic E-state index is -0.754. The zero-order valence-corrected chi connectivity index (χ0v) is 7.07. The SMILES string of the molecule is CC#Cc1ccc(C(=O)N=O)cc1. The van der Waals surface area contributed by atoms with E-state index in [0.717, 1.165) is 5.56 Å². The second-order valence-electron chi connectivity index (χ2n) is 2.35. The Hall–Kier alpha value is -1.95. The van der Waals surface area contributed by atoms with Crippen LogP contribution in [0.5, 0.6) is 0 Å². The predicted molar refractivity (Wildman–Crippen MR) is 49.1 cm³/mol. The van der Waals surface area contributed by atoms with Gasteiger partial charge in [-0.25, -0.2) is 0 Å². The number of carbonyl (C=O) groups is 1. The maximum atomic E-state index is 10.8. The summed E-state index contributed by atoms with van der Waals surface area (Å²) in [7, 11) is 0. The molecule has 64 valence electrons. The molecule has 0 bridgehead atoms. The molecule has 3 nitrogen and oxygen atoms in total. The first-order valence-electron chi connectivity index (χ1n) is 3.68. The van der Waals surface area contributed by atoms with Gasteiger partial charge >= 0.3 is 5.91 Å². The summed E-state index contributed by atoms with van der Waals surface area (Å²) in [6.45, 7) is 1.73. The Morgan fingerprint density at radius 2 is 1.92 bits per heavy atom. The second-order valence-corrected chi connectivity index (χ2v) is 2.35. The Kier molecular flexibility index (Phi) is 2.93. The average Bonchev–Trinajstić information content (AvgIpc) is 2.18. The molecule has 1 rings (SSSR count). The van der Waals surface area contributed by atoms with Crippen molar-refractivity contribution < 1.29 is 4.79 Å². The number of benzene rings is 1. The molecule has 0 aliphatic rings. The lowest BCUT2D eigenvalue weighted by atomic mass is 10.1. The van der Waals surface area contributed by atoms with Gasteiger partial charge in [0.15, 0.2) is 0 Å². The van der Waals surface area contributed by atoms with Crippen LogP contribution in [0.4, 0.5) is 0 Å². The monoisotopic (exact) mass is 173 g/mol. The highest BCUT2D eigenvalue weighted by Gasteiger charge is 2.03. The molecule has 0 unspecified atom stereocenters. The molecule has 0 aliphatic carbocycles. The van der Waals surface area contributed by atoms with Crippen LogP contribution in [0.15, 0.2) is 29.4 Å². The van der Waals surface area contributed by atoms with Crippen LogP contribution in [0.25, 0.3) is 0 Å². The van der Waals surface area contributed by atoms with Crippen molar-refractivity contribution in [1.29, 1.82) is 0 Å². The summed E-state index contributed by atoms with van der Waals surface area (Å²) in [6.07, 6.45) is 0. The molecule has 0 heterocycles. The lowest BCUT2D eigenvalue weighted by Gasteiger charge is -1.92. The van der Waals surface area contributed by atoms with Crippen molar-refractivity contribution in [2.75, 3.05) is 0 Å². The lowest BCUT2D eigenvalue weighted by molar-refractivity contribution is 0.100. The summed E-state index contributed by atoms with van der Waals surface area (Å²) < 4.78 is 0. The molecule has 1 aromatic rings. The molecule has 0 fully saturated rings. The van der Waals surface area contributed by atoms with E-state index in [4.69, 9.17) is 0 Å². The zero-order chi connectivity index (χ0) is 9.68. The fourth-order valence-electron chi connectivity index (χ4n) is 0.893. The highest BCUT2D eigenvalue weighted by atomic mass is 16.3. The topological polar surface area (TPSA) is 46.5 Å². The van der Waals surface area contributed by atoms with Crippen molar-refractivity contribution in [3.63, 3.8) is 0 Å². The first kappa shape index (κ1) is 9.14. The van der Waals surface area contributed by atoms with Gasteiger partial charge in [-0.15, -0.1) is 10.8 Å². The van der Waals surface area contributed by atoms with Crippen LogP contribution in [0.3, 0.4) is 0 Å². The quantitative estimate of drug-likeness (QED) is 0.481. The van der Waals surface area contributed by atoms with Gasteiger partial charge in [-0.3, -0.25) is 4.79 Å². The summed E-state index contributed by atoms with van der Waals surface area (Å²) in [4.78, 5) is 20.7. The molecule has 0 aromatic heterocycles. The number of carbonyl (C=O) groups excluding carboxylic acids is 1. The standard InChI is InChI=1S/C10H7NO2/c1-2-3-8-4-6-9(7-5-8)10(12)11-13/h4-7H,1H3. The van der Waals surface area contributed by atoms with E-state index in [2.05, 4.69) is 17.0 Å². The van der Waals surface area contributed by atoms with Gasteiger partial charge in [-0.1, -0.05) is 5.92 Å².